The van der Waals surface area contributed by atoms with Crippen LogP contribution in [0.25, 0.3) is 0 Å². The Kier molecular flexibility index (Phi) is 67.3. The number of carbonyl (C=O) groups is 2. The van der Waals surface area contributed by atoms with Crippen molar-refractivity contribution < 1.29 is 42.1 Å². The first-order valence-corrected chi connectivity index (χ1v) is 39.5. The van der Waals surface area contributed by atoms with Gasteiger partial charge in [-0.3, -0.25) is 14.2 Å². The van der Waals surface area contributed by atoms with E-state index in [-0.39, 0.29) is 32.0 Å². The molecule has 9 nitrogen and oxygen atoms in total. The third kappa shape index (κ3) is 72.8. The van der Waals surface area contributed by atoms with E-state index in [0.29, 0.717) is 17.4 Å². The minimum absolute atomic E-state index is 0.0290. The molecule has 0 bridgehead atoms. The number of hydrogen-bond acceptors (Lipinski definition) is 8. The maximum atomic E-state index is 12.9. The van der Waals surface area contributed by atoms with Gasteiger partial charge in [0, 0.05) is 12.8 Å². The van der Waals surface area contributed by atoms with Gasteiger partial charge in [0.15, 0.2) is 6.10 Å². The van der Waals surface area contributed by atoms with E-state index in [1.54, 1.807) is 0 Å². The number of unbranched alkanes of at least 4 members (excludes halogenated alkanes) is 47. The molecule has 0 N–H and O–H groups in total. The second kappa shape index (κ2) is 69.1. The first-order valence-electron chi connectivity index (χ1n) is 38.0. The number of hydrogen-bond donors (Lipinski definition) is 0. The molecule has 88 heavy (non-hydrogen) atoms. The Morgan fingerprint density at radius 3 is 0.966 bits per heavy atom. The van der Waals surface area contributed by atoms with Gasteiger partial charge in [0.2, 0.25) is 0 Å². The third-order valence-corrected chi connectivity index (χ3v) is 18.0. The number of likely N-dealkylation sites (N-methyl/N-ethyl adjacent to an activating group) is 1. The molecule has 0 aromatic carbocycles. The van der Waals surface area contributed by atoms with E-state index in [2.05, 4.69) is 74.6 Å². The van der Waals surface area contributed by atoms with Crippen molar-refractivity contribution in [3.63, 3.8) is 0 Å². The lowest BCUT2D eigenvalue weighted by Crippen LogP contribution is -2.37. The zero-order chi connectivity index (χ0) is 64.1. The maximum Gasteiger partial charge on any atom is 0.306 e. The summed E-state index contributed by atoms with van der Waals surface area (Å²) in [7, 11) is 1.18. The molecule has 0 aliphatic carbocycles. The number of phosphoric acid groups is 1. The molecule has 0 aliphatic rings. The van der Waals surface area contributed by atoms with Crippen molar-refractivity contribution in [1.82, 2.24) is 0 Å². The molecule has 0 heterocycles. The molecule has 0 saturated heterocycles. The summed E-state index contributed by atoms with van der Waals surface area (Å²) in [4.78, 5) is 38.1. The Labute approximate surface area is 546 Å². The molecule has 2 unspecified atom stereocenters. The van der Waals surface area contributed by atoms with Crippen molar-refractivity contribution in [2.45, 2.75) is 380 Å². The highest BCUT2D eigenvalue weighted by atomic mass is 31.2. The van der Waals surface area contributed by atoms with E-state index in [9.17, 15) is 19.0 Å². The predicted molar refractivity (Wildman–Crippen MR) is 379 cm³/mol. The Morgan fingerprint density at radius 2 is 0.648 bits per heavy atom. The summed E-state index contributed by atoms with van der Waals surface area (Å²) >= 11 is 0. The topological polar surface area (TPSA) is 111 Å². The summed E-state index contributed by atoms with van der Waals surface area (Å²) in [5.74, 6) is -0.812. The quantitative estimate of drug-likeness (QED) is 0.0195. The molecular weight excluding hydrogens is 1110 g/mol. The average molecular weight is 1260 g/mol. The second-order valence-corrected chi connectivity index (χ2v) is 28.4. The van der Waals surface area contributed by atoms with E-state index in [0.717, 1.165) is 70.6 Å². The highest BCUT2D eigenvalue weighted by Gasteiger charge is 2.22. The largest absolute Gasteiger partial charge is 0.756 e. The summed E-state index contributed by atoms with van der Waals surface area (Å²) in [6, 6.07) is 0. The normalized spacial score (nSPS) is 13.4. The number of carbonyl (C=O) groups excluding carboxylic acids is 2. The molecule has 0 radical (unpaired) electrons. The predicted octanol–water partition coefficient (Wildman–Crippen LogP) is 24.3. The van der Waals surface area contributed by atoms with Crippen LogP contribution < -0.4 is 4.89 Å². The van der Waals surface area contributed by atoms with Gasteiger partial charge >= 0.3 is 11.9 Å². The SMILES string of the molecule is CC/C=C\C/C=C\C/C=C\C/C=C\C/C=C\CCCCCCCCCCCCCCCCCCCC(=O)OC(COC(=O)CCCCCCCCCCCCCCCCCCCCCCCCCCCCCCCCC)COP(=O)([O-])OCC[N+](C)(C)C. The van der Waals surface area contributed by atoms with Gasteiger partial charge in [0.05, 0.1) is 27.7 Å². The fourth-order valence-electron chi connectivity index (χ4n) is 11.3. The highest BCUT2D eigenvalue weighted by Crippen LogP contribution is 2.38. The Morgan fingerprint density at radius 1 is 0.364 bits per heavy atom. The van der Waals surface area contributed by atoms with Gasteiger partial charge in [-0.1, -0.05) is 364 Å². The van der Waals surface area contributed by atoms with Crippen LogP contribution in [0.3, 0.4) is 0 Å². The van der Waals surface area contributed by atoms with Gasteiger partial charge in [0.25, 0.3) is 7.82 Å². The Bertz CT molecular complexity index is 1670. The van der Waals surface area contributed by atoms with Gasteiger partial charge < -0.3 is 27.9 Å². The fraction of sp³-hybridized carbons (Fsp3) is 0.846. The fourth-order valence-corrected chi connectivity index (χ4v) is 12.0. The smallest absolute Gasteiger partial charge is 0.306 e. The number of ether oxygens (including phenoxy) is 2. The van der Waals surface area contributed by atoms with Gasteiger partial charge in [-0.15, -0.1) is 0 Å². The molecule has 2 atom stereocenters. The summed E-state index contributed by atoms with van der Waals surface area (Å²) in [6.07, 6.45) is 91.9. The summed E-state index contributed by atoms with van der Waals surface area (Å²) in [5, 5.41) is 0. The first-order chi connectivity index (χ1) is 43.0. The minimum atomic E-state index is -4.64. The van der Waals surface area contributed by atoms with Gasteiger partial charge in [-0.2, -0.15) is 0 Å². The maximum absolute atomic E-state index is 12.9. The van der Waals surface area contributed by atoms with Gasteiger partial charge in [-0.25, -0.2) is 0 Å². The van der Waals surface area contributed by atoms with E-state index < -0.39 is 26.5 Å². The van der Waals surface area contributed by atoms with Crippen LogP contribution in [0.2, 0.25) is 0 Å². The average Bonchev–Trinajstić information content (AvgIpc) is 3.56. The zero-order valence-corrected chi connectivity index (χ0v) is 59.8. The van der Waals surface area contributed by atoms with Crippen molar-refractivity contribution in [2.24, 2.45) is 0 Å². The van der Waals surface area contributed by atoms with Crippen LogP contribution in [0.5, 0.6) is 0 Å². The number of rotatable bonds is 71. The van der Waals surface area contributed by atoms with Crippen molar-refractivity contribution in [3.05, 3.63) is 60.8 Å². The van der Waals surface area contributed by atoms with Crippen LogP contribution in [0.4, 0.5) is 0 Å². The first kappa shape index (κ1) is 85.7. The summed E-state index contributed by atoms with van der Waals surface area (Å²) < 4.78 is 34.4. The standard InChI is InChI=1S/C78H146NO8P/c1-6-8-10-12-14-16-18-20-22-24-26-28-30-32-34-36-38-39-41-43-45-47-49-51-53-55-57-59-61-63-65-67-69-71-78(81)87-76(75-86-88(82,83)85-73-72-79(3,4)5)74-84-77(80)70-68-66-64-62-60-58-56-54-52-50-48-46-44-42-40-37-35-33-31-29-27-25-23-21-19-17-15-13-11-9-7-2/h8,10,14,16,20,22,26,28,32,34,76H,6-7,9,11-13,15,17-19,21,23-25,27,29-31,33,35-75H2,1-5H3/b10-8-,16-14-,22-20-,28-26-,34-32-. The van der Waals surface area contributed by atoms with E-state index >= 15 is 0 Å². The van der Waals surface area contributed by atoms with Crippen molar-refractivity contribution >= 4 is 19.8 Å². The molecule has 0 amide bonds. The van der Waals surface area contributed by atoms with Crippen LogP contribution in [0.1, 0.15) is 373 Å². The lowest BCUT2D eigenvalue weighted by molar-refractivity contribution is -0.870. The molecule has 0 aromatic heterocycles. The van der Waals surface area contributed by atoms with Crippen molar-refractivity contribution in [3.8, 4) is 0 Å². The molecule has 0 aromatic rings. The molecule has 0 saturated carbocycles. The number of esters is 2. The van der Waals surface area contributed by atoms with Crippen molar-refractivity contribution in [1.29, 1.82) is 0 Å². The van der Waals surface area contributed by atoms with Gasteiger partial charge in [0.1, 0.15) is 19.8 Å². The van der Waals surface area contributed by atoms with Crippen LogP contribution in [0.15, 0.2) is 60.8 Å². The van der Waals surface area contributed by atoms with E-state index in [1.807, 2.05) is 21.1 Å². The molecule has 516 valence electrons. The number of allylic oxidation sites excluding steroid dienone is 10. The highest BCUT2D eigenvalue weighted by molar-refractivity contribution is 7.45. The second-order valence-electron chi connectivity index (χ2n) is 27.0. The van der Waals surface area contributed by atoms with Crippen LogP contribution in [-0.2, 0) is 32.7 Å². The van der Waals surface area contributed by atoms with Crippen LogP contribution >= 0.6 is 7.82 Å². The molecular formula is C78H146NO8P. The number of quaternary nitrogens is 1. The number of phosphoric ester groups is 1. The monoisotopic (exact) mass is 1260 g/mol. The van der Waals surface area contributed by atoms with Crippen LogP contribution in [0, 0.1) is 0 Å². The molecule has 0 rings (SSSR count). The third-order valence-electron chi connectivity index (χ3n) is 17.1. The van der Waals surface area contributed by atoms with Crippen LogP contribution in [-0.4, -0.2) is 70.0 Å². The zero-order valence-electron chi connectivity index (χ0n) is 58.9. The van der Waals surface area contributed by atoms with E-state index in [4.69, 9.17) is 18.5 Å². The minimum Gasteiger partial charge on any atom is -0.756 e. The van der Waals surface area contributed by atoms with Gasteiger partial charge in [-0.05, 0) is 57.8 Å². The Balaban J connectivity index is 3.96. The molecule has 0 spiro atoms. The number of nitrogens with zero attached hydrogens (tertiary/aromatic N) is 1. The molecule has 0 aliphatic heterocycles. The lowest BCUT2D eigenvalue weighted by Gasteiger charge is -2.28. The molecule has 10 heteroatoms. The summed E-state index contributed by atoms with van der Waals surface area (Å²) in [5.41, 5.74) is 0. The lowest BCUT2D eigenvalue weighted by atomic mass is 10.0. The Hall–Kier alpha value is -2.29. The van der Waals surface area contributed by atoms with E-state index in [1.165, 1.54) is 270 Å². The summed E-state index contributed by atoms with van der Waals surface area (Å²) in [6.45, 7) is 4.20. The van der Waals surface area contributed by atoms with Crippen molar-refractivity contribution in [2.75, 3.05) is 47.5 Å². The molecule has 0 fully saturated rings.